The Kier molecular flexibility index (Phi) is 5.02. The lowest BCUT2D eigenvalue weighted by Crippen LogP contribution is -2.15. The van der Waals surface area contributed by atoms with Gasteiger partial charge in [-0.3, -0.25) is 4.79 Å². The van der Waals surface area contributed by atoms with Gasteiger partial charge in [0.25, 0.3) is 5.91 Å². The minimum Gasteiger partial charge on any atom is -0.322 e. The van der Waals surface area contributed by atoms with E-state index in [0.717, 1.165) is 6.07 Å². The van der Waals surface area contributed by atoms with Crippen LogP contribution in [0.5, 0.6) is 0 Å². The van der Waals surface area contributed by atoms with Crippen LogP contribution >= 0.6 is 0 Å². The number of carbonyl (C=O) groups excluding carboxylic acids is 1. The van der Waals surface area contributed by atoms with Gasteiger partial charge in [0, 0.05) is 22.6 Å². The largest absolute Gasteiger partial charge is 0.418 e. The summed E-state index contributed by atoms with van der Waals surface area (Å²) in [7, 11) is 0. The number of halogens is 4. The van der Waals surface area contributed by atoms with E-state index in [0.29, 0.717) is 17.1 Å². The number of nitrogens with one attached hydrogen (secondary N) is 1. The molecule has 0 aliphatic rings. The Hall–Kier alpha value is -3.09. The second-order valence-corrected chi connectivity index (χ2v) is 6.50. The number of anilines is 1. The summed E-state index contributed by atoms with van der Waals surface area (Å²) in [5, 5.41) is 2.63. The third-order valence-corrected chi connectivity index (χ3v) is 4.64. The third kappa shape index (κ3) is 3.52. The molecule has 0 bridgehead atoms. The van der Waals surface area contributed by atoms with Crippen LogP contribution in [0.1, 0.15) is 32.9 Å². The zero-order valence-corrected chi connectivity index (χ0v) is 15.5. The van der Waals surface area contributed by atoms with Crippen LogP contribution in [0.3, 0.4) is 0 Å². The highest BCUT2D eigenvalue weighted by Gasteiger charge is 2.34. The Labute approximate surface area is 159 Å². The molecule has 2 aromatic carbocycles. The number of rotatable bonds is 3. The van der Waals surface area contributed by atoms with Crippen molar-refractivity contribution in [1.82, 2.24) is 4.57 Å². The van der Waals surface area contributed by atoms with Crippen LogP contribution in [0.2, 0.25) is 0 Å². The van der Waals surface area contributed by atoms with E-state index in [1.807, 2.05) is 0 Å². The molecule has 0 saturated heterocycles. The molecule has 3 nitrogen and oxygen atoms in total. The van der Waals surface area contributed by atoms with Crippen molar-refractivity contribution < 1.29 is 22.4 Å². The molecular formula is C21H18F4N2O. The Morgan fingerprint density at radius 3 is 2.36 bits per heavy atom. The van der Waals surface area contributed by atoms with Gasteiger partial charge in [-0.15, -0.1) is 0 Å². The summed E-state index contributed by atoms with van der Waals surface area (Å²) < 4.78 is 55.3. The molecule has 3 aromatic rings. The van der Waals surface area contributed by atoms with Crippen LogP contribution in [0.15, 0.2) is 48.5 Å². The van der Waals surface area contributed by atoms with Gasteiger partial charge in [-0.05, 0) is 51.1 Å². The molecule has 0 aliphatic carbocycles. The lowest BCUT2D eigenvalue weighted by molar-refractivity contribution is -0.137. The fourth-order valence-electron chi connectivity index (χ4n) is 3.20. The molecule has 0 saturated carbocycles. The maximum Gasteiger partial charge on any atom is 0.418 e. The van der Waals surface area contributed by atoms with Gasteiger partial charge in [-0.1, -0.05) is 18.2 Å². The van der Waals surface area contributed by atoms with Gasteiger partial charge in [0.15, 0.2) is 0 Å². The lowest BCUT2D eigenvalue weighted by atomic mass is 10.1. The highest BCUT2D eigenvalue weighted by molar-refractivity contribution is 6.05. The molecule has 0 atom stereocenters. The first-order valence-corrected chi connectivity index (χ1v) is 8.53. The van der Waals surface area contributed by atoms with Gasteiger partial charge in [0.1, 0.15) is 5.82 Å². The maximum atomic E-state index is 13.7. The Morgan fingerprint density at radius 1 is 1.00 bits per heavy atom. The number of hydrogen-bond acceptors (Lipinski definition) is 1. The predicted molar refractivity (Wildman–Crippen MR) is 99.3 cm³/mol. The lowest BCUT2D eigenvalue weighted by Gasteiger charge is -2.17. The standard InChI is InChI=1S/C21H18F4N2O/c1-12-11-15(20(28)26-18-9-6-8-17(22)13(18)2)14(3)27(12)19-10-5-4-7-16(19)21(23,24)25/h4-11H,1-3H3,(H,26,28). The quantitative estimate of drug-likeness (QED) is 0.563. The molecule has 0 spiro atoms. The first-order valence-electron chi connectivity index (χ1n) is 8.53. The van der Waals surface area contributed by atoms with Crippen LogP contribution in [0.4, 0.5) is 23.2 Å². The van der Waals surface area contributed by atoms with Crippen molar-refractivity contribution in [2.24, 2.45) is 0 Å². The predicted octanol–water partition coefficient (Wildman–Crippen LogP) is 5.81. The van der Waals surface area contributed by atoms with E-state index >= 15 is 0 Å². The number of amides is 1. The SMILES string of the molecule is Cc1c(F)cccc1NC(=O)c1cc(C)n(-c2ccccc2C(F)(F)F)c1C. The number of benzene rings is 2. The molecule has 3 rings (SSSR count). The van der Waals surface area contributed by atoms with E-state index < -0.39 is 23.5 Å². The molecule has 1 amide bonds. The number of aryl methyl sites for hydroxylation is 1. The molecular weight excluding hydrogens is 372 g/mol. The number of hydrogen-bond donors (Lipinski definition) is 1. The minimum atomic E-state index is -4.53. The normalized spacial score (nSPS) is 11.5. The van der Waals surface area contributed by atoms with Crippen molar-refractivity contribution in [3.63, 3.8) is 0 Å². The second-order valence-electron chi connectivity index (χ2n) is 6.50. The van der Waals surface area contributed by atoms with Crippen molar-refractivity contribution in [1.29, 1.82) is 0 Å². The number of aromatic nitrogens is 1. The van der Waals surface area contributed by atoms with E-state index in [1.54, 1.807) is 19.9 Å². The van der Waals surface area contributed by atoms with E-state index in [1.165, 1.54) is 47.9 Å². The Balaban J connectivity index is 2.04. The molecule has 1 heterocycles. The van der Waals surface area contributed by atoms with Crippen LogP contribution < -0.4 is 5.32 Å². The van der Waals surface area contributed by atoms with Gasteiger partial charge < -0.3 is 9.88 Å². The Bertz CT molecular complexity index is 1050. The third-order valence-electron chi connectivity index (χ3n) is 4.64. The van der Waals surface area contributed by atoms with Crippen LogP contribution in [0.25, 0.3) is 5.69 Å². The molecule has 0 fully saturated rings. The van der Waals surface area contributed by atoms with Gasteiger partial charge in [-0.2, -0.15) is 13.2 Å². The summed E-state index contributed by atoms with van der Waals surface area (Å²) in [4.78, 5) is 12.7. The number of alkyl halides is 3. The topological polar surface area (TPSA) is 34.0 Å². The number of carbonyl (C=O) groups is 1. The Morgan fingerprint density at radius 2 is 1.68 bits per heavy atom. The molecule has 0 aliphatic heterocycles. The summed E-state index contributed by atoms with van der Waals surface area (Å²) in [5.41, 5.74) is 0.822. The fraction of sp³-hybridized carbons (Fsp3) is 0.190. The molecule has 7 heteroatoms. The minimum absolute atomic E-state index is 0.0500. The summed E-state index contributed by atoms with van der Waals surface area (Å²) in [5.74, 6) is -0.972. The highest BCUT2D eigenvalue weighted by atomic mass is 19.4. The zero-order valence-electron chi connectivity index (χ0n) is 15.5. The van der Waals surface area contributed by atoms with Gasteiger partial charge in [-0.25, -0.2) is 4.39 Å². The van der Waals surface area contributed by atoms with Crippen molar-refractivity contribution in [2.75, 3.05) is 5.32 Å². The molecule has 1 aromatic heterocycles. The molecule has 28 heavy (non-hydrogen) atoms. The fourth-order valence-corrected chi connectivity index (χ4v) is 3.20. The van der Waals surface area contributed by atoms with Crippen molar-refractivity contribution in [2.45, 2.75) is 26.9 Å². The van der Waals surface area contributed by atoms with Gasteiger partial charge in [0.2, 0.25) is 0 Å². The zero-order chi connectivity index (χ0) is 20.6. The number of para-hydroxylation sites is 1. The van der Waals surface area contributed by atoms with E-state index in [4.69, 9.17) is 0 Å². The molecule has 0 unspecified atom stereocenters. The summed E-state index contributed by atoms with van der Waals surface area (Å²) in [6.07, 6.45) is -4.53. The smallest absolute Gasteiger partial charge is 0.322 e. The van der Waals surface area contributed by atoms with Crippen LogP contribution in [-0.4, -0.2) is 10.5 Å². The summed E-state index contributed by atoms with van der Waals surface area (Å²) >= 11 is 0. The first-order chi connectivity index (χ1) is 13.1. The van der Waals surface area contributed by atoms with Gasteiger partial charge >= 0.3 is 6.18 Å². The number of nitrogens with zero attached hydrogens (tertiary/aromatic N) is 1. The van der Waals surface area contributed by atoms with Crippen LogP contribution in [-0.2, 0) is 6.18 Å². The summed E-state index contributed by atoms with van der Waals surface area (Å²) in [6.45, 7) is 4.74. The van der Waals surface area contributed by atoms with Crippen LogP contribution in [0, 0.1) is 26.6 Å². The van der Waals surface area contributed by atoms with Crippen molar-refractivity contribution in [3.05, 3.63) is 82.4 Å². The molecule has 146 valence electrons. The second kappa shape index (κ2) is 7.14. The monoisotopic (exact) mass is 390 g/mol. The van der Waals surface area contributed by atoms with E-state index in [2.05, 4.69) is 5.32 Å². The first kappa shape index (κ1) is 19.7. The van der Waals surface area contributed by atoms with Gasteiger partial charge in [0.05, 0.1) is 16.8 Å². The van der Waals surface area contributed by atoms with Crippen molar-refractivity contribution >= 4 is 11.6 Å². The van der Waals surface area contributed by atoms with E-state index in [-0.39, 0.29) is 16.8 Å². The maximum absolute atomic E-state index is 13.7. The summed E-state index contributed by atoms with van der Waals surface area (Å²) in [6, 6.07) is 11.0. The van der Waals surface area contributed by atoms with Crippen molar-refractivity contribution in [3.8, 4) is 5.69 Å². The highest BCUT2D eigenvalue weighted by Crippen LogP contribution is 2.35. The average molecular weight is 390 g/mol. The molecule has 1 N–H and O–H groups in total. The van der Waals surface area contributed by atoms with E-state index in [9.17, 15) is 22.4 Å². The molecule has 0 radical (unpaired) electrons. The average Bonchev–Trinajstić information content (AvgIpc) is 2.92.